The van der Waals surface area contributed by atoms with E-state index in [-0.39, 0.29) is 5.75 Å². The highest BCUT2D eigenvalue weighted by Gasteiger charge is 2.07. The molecule has 2 nitrogen and oxygen atoms in total. The Labute approximate surface area is 83.3 Å². The van der Waals surface area contributed by atoms with E-state index in [1.54, 1.807) is 6.07 Å². The van der Waals surface area contributed by atoms with Crippen LogP contribution < -0.4 is 5.73 Å². The van der Waals surface area contributed by atoms with Crippen LogP contribution in [0.25, 0.3) is 0 Å². The Morgan fingerprint density at radius 3 is 2.77 bits per heavy atom. The van der Waals surface area contributed by atoms with Gasteiger partial charge in [-0.05, 0) is 43.5 Å². The summed E-state index contributed by atoms with van der Waals surface area (Å²) in [6.45, 7) is 2.59. The van der Waals surface area contributed by atoms with Gasteiger partial charge in [-0.3, -0.25) is 0 Å². The molecule has 3 N–H and O–H groups in total. The average molecular weight is 200 g/mol. The van der Waals surface area contributed by atoms with E-state index in [2.05, 4.69) is 0 Å². The SMILES string of the molecule is Cc1ccc(Cl)c(O)c1CCCN. The number of phenols is 1. The van der Waals surface area contributed by atoms with E-state index in [0.29, 0.717) is 11.6 Å². The lowest BCUT2D eigenvalue weighted by Crippen LogP contribution is -2.01. The highest BCUT2D eigenvalue weighted by Crippen LogP contribution is 2.30. The standard InChI is InChI=1S/C10H14ClNO/c1-7-4-5-9(11)10(13)8(7)3-2-6-12/h4-5,13H,2-3,6,12H2,1H3. The number of hydrogen-bond donors (Lipinski definition) is 2. The van der Waals surface area contributed by atoms with Gasteiger partial charge in [0.1, 0.15) is 5.75 Å². The van der Waals surface area contributed by atoms with E-state index in [4.69, 9.17) is 17.3 Å². The van der Waals surface area contributed by atoms with E-state index in [0.717, 1.165) is 24.0 Å². The largest absolute Gasteiger partial charge is 0.506 e. The van der Waals surface area contributed by atoms with Crippen LogP contribution in [0.4, 0.5) is 0 Å². The molecule has 0 saturated carbocycles. The molecule has 1 aromatic rings. The minimum atomic E-state index is 0.204. The van der Waals surface area contributed by atoms with Crippen LogP contribution in [-0.4, -0.2) is 11.7 Å². The van der Waals surface area contributed by atoms with Gasteiger partial charge in [0.2, 0.25) is 0 Å². The molecule has 0 aromatic heterocycles. The molecule has 0 bridgehead atoms. The first-order valence-electron chi connectivity index (χ1n) is 4.34. The third-order valence-electron chi connectivity index (χ3n) is 2.10. The molecule has 0 aliphatic carbocycles. The molecular weight excluding hydrogens is 186 g/mol. The predicted molar refractivity (Wildman–Crippen MR) is 55.2 cm³/mol. The van der Waals surface area contributed by atoms with E-state index in [1.807, 2.05) is 13.0 Å². The molecule has 13 heavy (non-hydrogen) atoms. The lowest BCUT2D eigenvalue weighted by Gasteiger charge is -2.08. The van der Waals surface area contributed by atoms with Crippen molar-refractivity contribution in [2.24, 2.45) is 5.73 Å². The topological polar surface area (TPSA) is 46.2 Å². The van der Waals surface area contributed by atoms with Crippen LogP contribution in [0.15, 0.2) is 12.1 Å². The number of benzene rings is 1. The fourth-order valence-electron chi connectivity index (χ4n) is 1.30. The quantitative estimate of drug-likeness (QED) is 0.785. The van der Waals surface area contributed by atoms with Crippen LogP contribution in [0.3, 0.4) is 0 Å². The summed E-state index contributed by atoms with van der Waals surface area (Å²) in [6.07, 6.45) is 1.66. The van der Waals surface area contributed by atoms with Crippen molar-refractivity contribution in [3.63, 3.8) is 0 Å². The first kappa shape index (κ1) is 10.4. The molecule has 0 saturated heterocycles. The molecule has 0 atom stereocenters. The van der Waals surface area contributed by atoms with Crippen molar-refractivity contribution in [3.8, 4) is 5.75 Å². The number of aromatic hydroxyl groups is 1. The Bertz CT molecular complexity index is 299. The second kappa shape index (κ2) is 4.49. The fourth-order valence-corrected chi connectivity index (χ4v) is 1.48. The maximum atomic E-state index is 9.63. The zero-order chi connectivity index (χ0) is 9.84. The summed E-state index contributed by atoms with van der Waals surface area (Å²) in [5, 5.41) is 10.0. The van der Waals surface area contributed by atoms with Crippen molar-refractivity contribution < 1.29 is 5.11 Å². The van der Waals surface area contributed by atoms with Crippen molar-refractivity contribution >= 4 is 11.6 Å². The number of aryl methyl sites for hydroxylation is 1. The Hall–Kier alpha value is -0.730. The molecule has 0 radical (unpaired) electrons. The van der Waals surface area contributed by atoms with Crippen molar-refractivity contribution in [3.05, 3.63) is 28.3 Å². The summed E-state index contributed by atoms with van der Waals surface area (Å²) in [5.74, 6) is 0.204. The zero-order valence-electron chi connectivity index (χ0n) is 7.68. The van der Waals surface area contributed by atoms with Crippen LogP contribution in [0.1, 0.15) is 17.5 Å². The molecule has 0 unspecified atom stereocenters. The number of phenolic OH excluding ortho intramolecular Hbond substituents is 1. The van der Waals surface area contributed by atoms with Crippen LogP contribution in [0, 0.1) is 6.92 Å². The highest BCUT2D eigenvalue weighted by atomic mass is 35.5. The summed E-state index contributed by atoms with van der Waals surface area (Å²) in [5.41, 5.74) is 7.38. The van der Waals surface area contributed by atoms with Crippen molar-refractivity contribution in [1.82, 2.24) is 0 Å². The molecule has 0 fully saturated rings. The second-order valence-electron chi connectivity index (χ2n) is 3.08. The number of rotatable bonds is 3. The lowest BCUT2D eigenvalue weighted by atomic mass is 10.0. The molecule has 1 rings (SSSR count). The monoisotopic (exact) mass is 199 g/mol. The molecular formula is C10H14ClNO. The summed E-state index contributed by atoms with van der Waals surface area (Å²) < 4.78 is 0. The third-order valence-corrected chi connectivity index (χ3v) is 2.40. The van der Waals surface area contributed by atoms with Gasteiger partial charge >= 0.3 is 0 Å². The van der Waals surface area contributed by atoms with Crippen molar-refractivity contribution in [2.75, 3.05) is 6.54 Å². The van der Waals surface area contributed by atoms with Crippen molar-refractivity contribution in [1.29, 1.82) is 0 Å². The maximum absolute atomic E-state index is 9.63. The van der Waals surface area contributed by atoms with Gasteiger partial charge in [0.25, 0.3) is 0 Å². The third kappa shape index (κ3) is 2.36. The van der Waals surface area contributed by atoms with Crippen LogP contribution in [0.5, 0.6) is 5.75 Å². The molecule has 0 spiro atoms. The number of hydrogen-bond acceptors (Lipinski definition) is 2. The molecule has 1 aromatic carbocycles. The van der Waals surface area contributed by atoms with Gasteiger partial charge < -0.3 is 10.8 Å². The Morgan fingerprint density at radius 2 is 2.15 bits per heavy atom. The molecule has 3 heteroatoms. The first-order chi connectivity index (χ1) is 6.16. The minimum absolute atomic E-state index is 0.204. The van der Waals surface area contributed by atoms with E-state index in [9.17, 15) is 5.11 Å². The van der Waals surface area contributed by atoms with Gasteiger partial charge in [-0.2, -0.15) is 0 Å². The Balaban J connectivity index is 2.96. The highest BCUT2D eigenvalue weighted by molar-refractivity contribution is 6.32. The Morgan fingerprint density at radius 1 is 1.46 bits per heavy atom. The summed E-state index contributed by atoms with van der Waals surface area (Å²) in [6, 6.07) is 3.62. The van der Waals surface area contributed by atoms with E-state index < -0.39 is 0 Å². The molecule has 0 amide bonds. The first-order valence-corrected chi connectivity index (χ1v) is 4.71. The zero-order valence-corrected chi connectivity index (χ0v) is 8.43. The summed E-state index contributed by atoms with van der Waals surface area (Å²) >= 11 is 5.78. The maximum Gasteiger partial charge on any atom is 0.137 e. The van der Waals surface area contributed by atoms with Crippen LogP contribution >= 0.6 is 11.6 Å². The number of halogens is 1. The lowest BCUT2D eigenvalue weighted by molar-refractivity contribution is 0.467. The van der Waals surface area contributed by atoms with E-state index in [1.165, 1.54) is 0 Å². The summed E-state index contributed by atoms with van der Waals surface area (Å²) in [7, 11) is 0. The van der Waals surface area contributed by atoms with E-state index >= 15 is 0 Å². The Kier molecular flexibility index (Phi) is 3.58. The molecule has 0 heterocycles. The average Bonchev–Trinajstić information content (AvgIpc) is 2.12. The van der Waals surface area contributed by atoms with Gasteiger partial charge in [-0.15, -0.1) is 0 Å². The van der Waals surface area contributed by atoms with Gasteiger partial charge in [-0.25, -0.2) is 0 Å². The van der Waals surface area contributed by atoms with Gasteiger partial charge in [0.15, 0.2) is 0 Å². The fraction of sp³-hybridized carbons (Fsp3) is 0.400. The van der Waals surface area contributed by atoms with Crippen LogP contribution in [0.2, 0.25) is 5.02 Å². The van der Waals surface area contributed by atoms with Gasteiger partial charge in [0.05, 0.1) is 5.02 Å². The summed E-state index contributed by atoms with van der Waals surface area (Å²) in [4.78, 5) is 0. The molecule has 0 aliphatic heterocycles. The van der Waals surface area contributed by atoms with Gasteiger partial charge in [-0.1, -0.05) is 17.7 Å². The normalized spacial score (nSPS) is 10.4. The smallest absolute Gasteiger partial charge is 0.137 e. The minimum Gasteiger partial charge on any atom is -0.506 e. The van der Waals surface area contributed by atoms with Crippen molar-refractivity contribution in [2.45, 2.75) is 19.8 Å². The number of nitrogens with two attached hydrogens (primary N) is 1. The van der Waals surface area contributed by atoms with Crippen LogP contribution in [-0.2, 0) is 6.42 Å². The molecule has 72 valence electrons. The second-order valence-corrected chi connectivity index (χ2v) is 3.49. The van der Waals surface area contributed by atoms with Gasteiger partial charge in [0, 0.05) is 0 Å². The predicted octanol–water partition coefficient (Wildman–Crippen LogP) is 2.25. The molecule has 0 aliphatic rings.